The van der Waals surface area contributed by atoms with E-state index < -0.39 is 0 Å². The third-order valence-corrected chi connectivity index (χ3v) is 3.85. The van der Waals surface area contributed by atoms with Gasteiger partial charge in [-0.15, -0.1) is 5.10 Å². The summed E-state index contributed by atoms with van der Waals surface area (Å²) in [7, 11) is 0. The van der Waals surface area contributed by atoms with Crippen molar-refractivity contribution in [2.45, 2.75) is 19.9 Å². The molecular formula is C18H17FN4O2. The number of fused-ring (bicyclic) bond motifs is 1. The molecule has 3 rings (SSSR count). The maximum atomic E-state index is 13.7. The fraction of sp³-hybridized carbons (Fsp3) is 0.222. The van der Waals surface area contributed by atoms with Crippen LogP contribution < -0.4 is 10.9 Å². The summed E-state index contributed by atoms with van der Waals surface area (Å²) in [5.41, 5.74) is 1.50. The number of nitrogens with zero attached hydrogens (tertiary/aromatic N) is 3. The molecule has 0 radical (unpaired) electrons. The first kappa shape index (κ1) is 16.8. The molecule has 0 unspecified atom stereocenters. The van der Waals surface area contributed by atoms with Crippen LogP contribution in [0.25, 0.3) is 10.9 Å². The molecule has 128 valence electrons. The zero-order valence-electron chi connectivity index (χ0n) is 13.7. The van der Waals surface area contributed by atoms with Crippen molar-refractivity contribution in [3.8, 4) is 0 Å². The molecule has 1 amide bonds. The molecule has 0 saturated heterocycles. The fourth-order valence-corrected chi connectivity index (χ4v) is 2.51. The minimum Gasteiger partial charge on any atom is -0.354 e. The molecule has 1 aromatic heterocycles. The first-order valence-electron chi connectivity index (χ1n) is 7.89. The molecule has 0 aliphatic carbocycles. The second kappa shape index (κ2) is 7.21. The zero-order chi connectivity index (χ0) is 17.8. The van der Waals surface area contributed by atoms with Gasteiger partial charge in [0.15, 0.2) is 0 Å². The number of halogens is 1. The average molecular weight is 340 g/mol. The molecule has 1 heterocycles. The molecule has 0 bridgehead atoms. The summed E-state index contributed by atoms with van der Waals surface area (Å²) in [4.78, 5) is 24.3. The van der Waals surface area contributed by atoms with Crippen molar-refractivity contribution in [3.05, 3.63) is 69.8 Å². The Bertz CT molecular complexity index is 984. The Morgan fingerprint density at radius 2 is 2.04 bits per heavy atom. The molecule has 0 atom stereocenters. The molecule has 3 aromatic rings. The Balaban J connectivity index is 1.61. The van der Waals surface area contributed by atoms with Crippen LogP contribution in [0, 0.1) is 12.7 Å². The highest BCUT2D eigenvalue weighted by Gasteiger charge is 2.09. The quantitative estimate of drug-likeness (QED) is 0.765. The minimum absolute atomic E-state index is 0.229. The highest BCUT2D eigenvalue weighted by molar-refractivity contribution is 5.78. The summed E-state index contributed by atoms with van der Waals surface area (Å²) in [6, 6.07) is 11.8. The molecule has 6 nitrogen and oxygen atoms in total. The number of aromatic nitrogens is 3. The maximum absolute atomic E-state index is 13.7. The number of rotatable bonds is 5. The predicted octanol–water partition coefficient (Wildman–Crippen LogP) is 1.60. The van der Waals surface area contributed by atoms with Gasteiger partial charge in [0.2, 0.25) is 5.91 Å². The Labute approximate surface area is 143 Å². The van der Waals surface area contributed by atoms with Crippen LogP contribution in [0.4, 0.5) is 4.39 Å². The molecule has 0 spiro atoms. The summed E-state index contributed by atoms with van der Waals surface area (Å²) in [6.07, 6.45) is 0.371. The van der Waals surface area contributed by atoms with E-state index in [1.807, 2.05) is 13.0 Å². The van der Waals surface area contributed by atoms with E-state index in [1.165, 1.54) is 6.07 Å². The topological polar surface area (TPSA) is 76.9 Å². The number of nitrogens with one attached hydrogen (secondary N) is 1. The van der Waals surface area contributed by atoms with Gasteiger partial charge in [-0.25, -0.2) is 9.07 Å². The molecule has 1 N–H and O–H groups in total. The van der Waals surface area contributed by atoms with Crippen molar-refractivity contribution in [1.29, 1.82) is 0 Å². The first-order chi connectivity index (χ1) is 12.0. The largest absolute Gasteiger partial charge is 0.354 e. The van der Waals surface area contributed by atoms with Gasteiger partial charge < -0.3 is 5.32 Å². The smallest absolute Gasteiger partial charge is 0.278 e. The highest BCUT2D eigenvalue weighted by atomic mass is 19.1. The Morgan fingerprint density at radius 3 is 2.84 bits per heavy atom. The second-order valence-corrected chi connectivity index (χ2v) is 5.76. The van der Waals surface area contributed by atoms with Crippen LogP contribution >= 0.6 is 0 Å². The standard InChI is InChI=1S/C18H17FN4O2/c1-12-6-7-13(15(19)10-12)8-9-20-17(24)11-23-18(25)14-4-2-3-5-16(14)21-22-23/h2-7,10H,8-9,11H2,1H3,(H,20,24). The Hall–Kier alpha value is -3.09. The van der Waals surface area contributed by atoms with Gasteiger partial charge in [-0.1, -0.05) is 29.5 Å². The molecule has 2 aromatic carbocycles. The lowest BCUT2D eigenvalue weighted by molar-refractivity contribution is -0.121. The number of hydrogen-bond donors (Lipinski definition) is 1. The number of benzene rings is 2. The zero-order valence-corrected chi connectivity index (χ0v) is 13.7. The third-order valence-electron chi connectivity index (χ3n) is 3.85. The van der Waals surface area contributed by atoms with Crippen LogP contribution in [0.2, 0.25) is 0 Å². The summed E-state index contributed by atoms with van der Waals surface area (Å²) in [6.45, 7) is 1.86. The average Bonchev–Trinajstić information content (AvgIpc) is 2.59. The summed E-state index contributed by atoms with van der Waals surface area (Å²) in [5.74, 6) is -0.662. The van der Waals surface area contributed by atoms with Crippen molar-refractivity contribution in [2.75, 3.05) is 6.54 Å². The number of amides is 1. The van der Waals surface area contributed by atoms with E-state index in [0.29, 0.717) is 22.9 Å². The predicted molar refractivity (Wildman–Crippen MR) is 91.6 cm³/mol. The van der Waals surface area contributed by atoms with Gasteiger partial charge in [-0.2, -0.15) is 0 Å². The molecule has 0 fully saturated rings. The molecule has 0 aliphatic rings. The van der Waals surface area contributed by atoms with Gasteiger partial charge in [0.25, 0.3) is 5.56 Å². The van der Waals surface area contributed by atoms with Crippen molar-refractivity contribution >= 4 is 16.8 Å². The van der Waals surface area contributed by atoms with Gasteiger partial charge in [0, 0.05) is 6.54 Å². The summed E-state index contributed by atoms with van der Waals surface area (Å²) < 4.78 is 14.8. The summed E-state index contributed by atoms with van der Waals surface area (Å²) in [5, 5.41) is 10.8. The lowest BCUT2D eigenvalue weighted by atomic mass is 10.1. The SMILES string of the molecule is Cc1ccc(CCNC(=O)Cn2nnc3ccccc3c2=O)c(F)c1. The number of hydrogen-bond acceptors (Lipinski definition) is 4. The van der Waals surface area contributed by atoms with E-state index in [9.17, 15) is 14.0 Å². The number of carbonyl (C=O) groups excluding carboxylic acids is 1. The molecular weight excluding hydrogens is 323 g/mol. The van der Waals surface area contributed by atoms with Gasteiger partial charge in [-0.05, 0) is 42.7 Å². The Kier molecular flexibility index (Phi) is 4.83. The molecule has 0 saturated carbocycles. The van der Waals surface area contributed by atoms with Gasteiger partial charge >= 0.3 is 0 Å². The van der Waals surface area contributed by atoms with E-state index in [4.69, 9.17) is 0 Å². The van der Waals surface area contributed by atoms with E-state index >= 15 is 0 Å². The van der Waals surface area contributed by atoms with Crippen LogP contribution in [0.5, 0.6) is 0 Å². The van der Waals surface area contributed by atoms with Crippen LogP contribution in [0.3, 0.4) is 0 Å². The molecule has 0 aliphatic heterocycles. The van der Waals surface area contributed by atoms with Crippen molar-refractivity contribution < 1.29 is 9.18 Å². The van der Waals surface area contributed by atoms with Crippen LogP contribution in [-0.4, -0.2) is 27.4 Å². The van der Waals surface area contributed by atoms with Crippen LogP contribution in [-0.2, 0) is 17.8 Å². The van der Waals surface area contributed by atoms with Crippen molar-refractivity contribution in [1.82, 2.24) is 20.3 Å². The third kappa shape index (κ3) is 3.88. The molecule has 7 heteroatoms. The van der Waals surface area contributed by atoms with E-state index in [-0.39, 0.29) is 30.4 Å². The maximum Gasteiger partial charge on any atom is 0.278 e. The first-order valence-corrected chi connectivity index (χ1v) is 7.89. The van der Waals surface area contributed by atoms with Gasteiger partial charge in [0.1, 0.15) is 17.9 Å². The fourth-order valence-electron chi connectivity index (χ4n) is 2.51. The van der Waals surface area contributed by atoms with Crippen molar-refractivity contribution in [3.63, 3.8) is 0 Å². The lowest BCUT2D eigenvalue weighted by Gasteiger charge is -2.08. The van der Waals surface area contributed by atoms with E-state index in [1.54, 1.807) is 30.3 Å². The van der Waals surface area contributed by atoms with Gasteiger partial charge in [0.05, 0.1) is 5.39 Å². The number of carbonyl (C=O) groups is 1. The molecule has 25 heavy (non-hydrogen) atoms. The summed E-state index contributed by atoms with van der Waals surface area (Å²) >= 11 is 0. The lowest BCUT2D eigenvalue weighted by Crippen LogP contribution is -2.35. The Morgan fingerprint density at radius 1 is 1.24 bits per heavy atom. The highest BCUT2D eigenvalue weighted by Crippen LogP contribution is 2.10. The normalized spacial score (nSPS) is 10.8. The van der Waals surface area contributed by atoms with Crippen molar-refractivity contribution in [2.24, 2.45) is 0 Å². The van der Waals surface area contributed by atoms with Gasteiger partial charge in [-0.3, -0.25) is 9.59 Å². The van der Waals surface area contributed by atoms with E-state index in [2.05, 4.69) is 15.6 Å². The van der Waals surface area contributed by atoms with E-state index in [0.717, 1.165) is 10.2 Å². The monoisotopic (exact) mass is 340 g/mol. The minimum atomic E-state index is -0.376. The second-order valence-electron chi connectivity index (χ2n) is 5.76. The van der Waals surface area contributed by atoms with Crippen LogP contribution in [0.1, 0.15) is 11.1 Å². The van der Waals surface area contributed by atoms with Crippen LogP contribution in [0.15, 0.2) is 47.3 Å². The number of aryl methyl sites for hydroxylation is 1.